The summed E-state index contributed by atoms with van der Waals surface area (Å²) in [5.74, 6) is -0.167. The molecule has 10 heteroatoms. The number of hydrogen-bond donors (Lipinski definition) is 3. The van der Waals surface area contributed by atoms with Gasteiger partial charge in [0, 0.05) is 30.2 Å². The first-order valence-electron chi connectivity index (χ1n) is 10.1. The highest BCUT2D eigenvalue weighted by Crippen LogP contribution is 2.42. The van der Waals surface area contributed by atoms with Gasteiger partial charge in [-0.3, -0.25) is 14.6 Å². The van der Waals surface area contributed by atoms with Gasteiger partial charge < -0.3 is 15.3 Å². The zero-order chi connectivity index (χ0) is 21.0. The molecule has 0 radical (unpaired) electrons. The van der Waals surface area contributed by atoms with Gasteiger partial charge in [0.2, 0.25) is 0 Å². The van der Waals surface area contributed by atoms with Crippen LogP contribution < -0.4 is 10.5 Å². The molecule has 1 aromatic heterocycles. The van der Waals surface area contributed by atoms with E-state index in [0.717, 1.165) is 48.1 Å². The zero-order valence-electron chi connectivity index (χ0n) is 16.7. The van der Waals surface area contributed by atoms with Crippen molar-refractivity contribution in [1.82, 2.24) is 14.7 Å². The quantitative estimate of drug-likeness (QED) is 0.671. The standard InChI is InChI=1S/C20H24N6O3S/c1-25-7-8-26-18(19(25)28)16(10-22-26)30(21)24-20(29)23-17-12-4-2-3-11(12)9-14-13(17)5-6-15(14)27/h9-10,15,27H,2-8H2,1H3,(H3,21,23,24,29). The highest BCUT2D eigenvalue weighted by atomic mass is 32.2. The van der Waals surface area contributed by atoms with E-state index in [1.54, 1.807) is 16.6 Å². The Morgan fingerprint density at radius 1 is 1.33 bits per heavy atom. The number of nitrogens with one attached hydrogen (secondary N) is 1. The molecular formula is C20H24N6O3S. The van der Waals surface area contributed by atoms with Crippen molar-refractivity contribution in [1.29, 1.82) is 0 Å². The number of aliphatic hydroxyl groups excluding tert-OH is 1. The number of nitrogens with two attached hydrogens (primary N) is 1. The number of aromatic nitrogens is 2. The van der Waals surface area contributed by atoms with Gasteiger partial charge >= 0.3 is 6.03 Å². The third kappa shape index (κ3) is 3.06. The summed E-state index contributed by atoms with van der Waals surface area (Å²) in [5, 5.41) is 23.7. The van der Waals surface area contributed by atoms with Crippen LogP contribution in [0.25, 0.3) is 0 Å². The van der Waals surface area contributed by atoms with Crippen molar-refractivity contribution in [2.75, 3.05) is 18.9 Å². The SMILES string of the molecule is CN1CCn2ncc(S(N)=NC(=O)Nc3c4c(cc5c3CCC5O)CCC4)c2C1=O. The average Bonchev–Trinajstić information content (AvgIpc) is 3.43. The molecule has 1 aliphatic heterocycles. The van der Waals surface area contributed by atoms with Gasteiger partial charge in [-0.2, -0.15) is 9.46 Å². The van der Waals surface area contributed by atoms with Crippen molar-refractivity contribution in [2.24, 2.45) is 9.50 Å². The first-order chi connectivity index (χ1) is 14.4. The van der Waals surface area contributed by atoms with E-state index in [1.165, 1.54) is 11.8 Å². The van der Waals surface area contributed by atoms with Crippen LogP contribution in [-0.4, -0.2) is 45.3 Å². The van der Waals surface area contributed by atoms with Crippen LogP contribution >= 0.6 is 0 Å². The second-order valence-electron chi connectivity index (χ2n) is 8.01. The Balaban J connectivity index is 1.46. The lowest BCUT2D eigenvalue weighted by Crippen LogP contribution is -2.38. The molecule has 158 valence electrons. The van der Waals surface area contributed by atoms with E-state index in [-0.39, 0.29) is 5.91 Å². The number of benzene rings is 1. The van der Waals surface area contributed by atoms with Gasteiger partial charge in [-0.25, -0.2) is 4.79 Å². The fourth-order valence-electron chi connectivity index (χ4n) is 4.67. The number of aliphatic hydroxyl groups is 1. The molecule has 0 spiro atoms. The van der Waals surface area contributed by atoms with Crippen molar-refractivity contribution in [3.63, 3.8) is 0 Å². The average molecular weight is 429 g/mol. The van der Waals surface area contributed by atoms with Gasteiger partial charge in [-0.05, 0) is 54.4 Å². The molecular weight excluding hydrogens is 404 g/mol. The van der Waals surface area contributed by atoms with Gasteiger partial charge in [0.05, 0.1) is 23.7 Å². The van der Waals surface area contributed by atoms with Crippen molar-refractivity contribution in [3.05, 3.63) is 40.2 Å². The molecule has 2 aromatic rings. The van der Waals surface area contributed by atoms with Crippen LogP contribution in [-0.2, 0) is 36.7 Å². The van der Waals surface area contributed by atoms with E-state index in [0.29, 0.717) is 30.1 Å². The number of hydrogen-bond acceptors (Lipinski definition) is 4. The first kappa shape index (κ1) is 19.4. The molecule has 9 nitrogen and oxygen atoms in total. The number of aryl methyl sites for hydroxylation is 1. The van der Waals surface area contributed by atoms with Gasteiger partial charge in [0.1, 0.15) is 5.69 Å². The van der Waals surface area contributed by atoms with Gasteiger partial charge in [-0.1, -0.05) is 6.07 Å². The number of carbonyl (C=O) groups excluding carboxylic acids is 2. The minimum absolute atomic E-state index is 0.167. The normalized spacial score (nSPS) is 20.8. The van der Waals surface area contributed by atoms with Crippen molar-refractivity contribution < 1.29 is 14.7 Å². The van der Waals surface area contributed by atoms with Gasteiger partial charge in [0.15, 0.2) is 0 Å². The Morgan fingerprint density at radius 2 is 2.17 bits per heavy atom. The number of fused-ring (bicyclic) bond motifs is 3. The highest BCUT2D eigenvalue weighted by molar-refractivity contribution is 7.85. The monoisotopic (exact) mass is 428 g/mol. The lowest BCUT2D eigenvalue weighted by atomic mass is 9.98. The maximum atomic E-state index is 12.8. The molecule has 0 fully saturated rings. The summed E-state index contributed by atoms with van der Waals surface area (Å²) in [6, 6.07) is 1.55. The van der Waals surface area contributed by atoms with E-state index in [4.69, 9.17) is 5.14 Å². The number of rotatable bonds is 2. The Labute approximate surface area is 176 Å². The highest BCUT2D eigenvalue weighted by Gasteiger charge is 2.30. The zero-order valence-corrected chi connectivity index (χ0v) is 17.5. The van der Waals surface area contributed by atoms with Crippen LogP contribution in [0.1, 0.15) is 51.7 Å². The molecule has 30 heavy (non-hydrogen) atoms. The summed E-state index contributed by atoms with van der Waals surface area (Å²) in [4.78, 5) is 27.4. The van der Waals surface area contributed by atoms with E-state index in [1.807, 2.05) is 0 Å². The van der Waals surface area contributed by atoms with Crippen LogP contribution in [0.2, 0.25) is 0 Å². The number of nitrogens with zero attached hydrogens (tertiary/aromatic N) is 4. The second-order valence-corrected chi connectivity index (χ2v) is 9.26. The summed E-state index contributed by atoms with van der Waals surface area (Å²) in [7, 11) is 0.426. The van der Waals surface area contributed by atoms with Crippen molar-refractivity contribution in [3.8, 4) is 0 Å². The Kier molecular flexibility index (Phi) is 4.72. The molecule has 3 aliphatic rings. The van der Waals surface area contributed by atoms with Gasteiger partial charge in [0.25, 0.3) is 5.91 Å². The predicted octanol–water partition coefficient (Wildman–Crippen LogP) is 1.70. The minimum atomic E-state index is -1.30. The molecule has 0 bridgehead atoms. The van der Waals surface area contributed by atoms with Crippen LogP contribution in [0.5, 0.6) is 0 Å². The summed E-state index contributed by atoms with van der Waals surface area (Å²) >= 11 is 0. The summed E-state index contributed by atoms with van der Waals surface area (Å²) in [6.45, 7) is 1.17. The summed E-state index contributed by atoms with van der Waals surface area (Å²) in [6.07, 6.45) is 5.33. The van der Waals surface area contributed by atoms with E-state index < -0.39 is 23.0 Å². The number of anilines is 1. The van der Waals surface area contributed by atoms with Crippen LogP contribution in [0.4, 0.5) is 10.5 Å². The van der Waals surface area contributed by atoms with Gasteiger partial charge in [-0.15, -0.1) is 0 Å². The van der Waals surface area contributed by atoms with E-state index in [9.17, 15) is 14.7 Å². The first-order valence-corrected chi connectivity index (χ1v) is 11.4. The summed E-state index contributed by atoms with van der Waals surface area (Å²) in [5.41, 5.74) is 5.44. The fraction of sp³-hybridized carbons (Fsp3) is 0.450. The van der Waals surface area contributed by atoms with Crippen LogP contribution in [0.3, 0.4) is 0 Å². The maximum Gasteiger partial charge on any atom is 0.352 e. The van der Waals surface area contributed by atoms with Crippen LogP contribution in [0.15, 0.2) is 21.5 Å². The number of amides is 3. The Morgan fingerprint density at radius 3 is 3.00 bits per heavy atom. The lowest BCUT2D eigenvalue weighted by molar-refractivity contribution is 0.0738. The number of likely N-dealkylation sites (N-methyl/N-ethyl adjacent to an activating group) is 1. The minimum Gasteiger partial charge on any atom is -0.388 e. The Hall–Kier alpha value is -2.56. The third-order valence-electron chi connectivity index (χ3n) is 6.21. The molecule has 0 saturated carbocycles. The molecule has 3 amide bonds. The molecule has 2 unspecified atom stereocenters. The lowest BCUT2D eigenvalue weighted by Gasteiger charge is -2.23. The number of urea groups is 1. The van der Waals surface area contributed by atoms with Crippen molar-refractivity contribution >= 4 is 28.5 Å². The molecule has 1 aromatic carbocycles. The molecule has 2 heterocycles. The molecule has 4 N–H and O–H groups in total. The molecule has 0 saturated heterocycles. The summed E-state index contributed by atoms with van der Waals surface area (Å²) < 4.78 is 5.74. The fourth-order valence-corrected chi connectivity index (χ4v) is 5.54. The largest absolute Gasteiger partial charge is 0.388 e. The smallest absolute Gasteiger partial charge is 0.352 e. The molecule has 2 aliphatic carbocycles. The second kappa shape index (κ2) is 7.29. The number of carbonyl (C=O) groups is 2. The van der Waals surface area contributed by atoms with Crippen molar-refractivity contribution in [2.45, 2.75) is 49.6 Å². The van der Waals surface area contributed by atoms with E-state index >= 15 is 0 Å². The van der Waals surface area contributed by atoms with Crippen LogP contribution in [0, 0.1) is 0 Å². The predicted molar refractivity (Wildman–Crippen MR) is 112 cm³/mol. The van der Waals surface area contributed by atoms with E-state index in [2.05, 4.69) is 20.8 Å². The molecule has 5 rings (SSSR count). The molecule has 2 atom stereocenters. The third-order valence-corrected chi connectivity index (χ3v) is 7.32. The Bertz CT molecular complexity index is 1110. The maximum absolute atomic E-state index is 12.8. The topological polar surface area (TPSA) is 126 Å².